The Morgan fingerprint density at radius 2 is 2.00 bits per heavy atom. The molecule has 1 fully saturated rings. The van der Waals surface area contributed by atoms with Gasteiger partial charge in [-0.2, -0.15) is 0 Å². The van der Waals surface area contributed by atoms with E-state index in [1.165, 1.54) is 32.1 Å². The van der Waals surface area contributed by atoms with Crippen LogP contribution in [0.3, 0.4) is 0 Å². The first kappa shape index (κ1) is 10.3. The summed E-state index contributed by atoms with van der Waals surface area (Å²) in [4.78, 5) is 4.62. The van der Waals surface area contributed by atoms with Crippen LogP contribution in [-0.2, 0) is 0 Å². The SMILES string of the molecule is Brc1cccc2nc(C3CCCCC3)nn12. The lowest BCUT2D eigenvalue weighted by Gasteiger charge is -2.17. The molecule has 0 N–H and O–H groups in total. The number of hydrogen-bond donors (Lipinski definition) is 0. The molecule has 3 rings (SSSR count). The van der Waals surface area contributed by atoms with Crippen LogP contribution in [0.25, 0.3) is 5.65 Å². The fourth-order valence-electron chi connectivity index (χ4n) is 2.42. The second-order valence-corrected chi connectivity index (χ2v) is 5.24. The first-order valence-corrected chi connectivity index (χ1v) is 6.65. The number of halogens is 1. The topological polar surface area (TPSA) is 30.2 Å². The van der Waals surface area contributed by atoms with Crippen molar-refractivity contribution in [3.05, 3.63) is 28.6 Å². The summed E-state index contributed by atoms with van der Waals surface area (Å²) in [6.45, 7) is 0. The zero-order valence-corrected chi connectivity index (χ0v) is 10.7. The van der Waals surface area contributed by atoms with Gasteiger partial charge in [0.2, 0.25) is 0 Å². The van der Waals surface area contributed by atoms with Crippen molar-refractivity contribution in [1.29, 1.82) is 0 Å². The van der Waals surface area contributed by atoms with E-state index in [1.807, 2.05) is 22.7 Å². The molecule has 0 aromatic carbocycles. The van der Waals surface area contributed by atoms with E-state index < -0.39 is 0 Å². The van der Waals surface area contributed by atoms with Gasteiger partial charge in [0.25, 0.3) is 0 Å². The van der Waals surface area contributed by atoms with Gasteiger partial charge >= 0.3 is 0 Å². The molecule has 2 heterocycles. The van der Waals surface area contributed by atoms with Gasteiger partial charge in [-0.05, 0) is 40.9 Å². The summed E-state index contributed by atoms with van der Waals surface area (Å²) in [5.74, 6) is 1.59. The molecule has 4 heteroatoms. The fourth-order valence-corrected chi connectivity index (χ4v) is 2.84. The van der Waals surface area contributed by atoms with Gasteiger partial charge in [0, 0.05) is 5.92 Å². The number of nitrogens with zero attached hydrogens (tertiary/aromatic N) is 3. The Morgan fingerprint density at radius 3 is 2.75 bits per heavy atom. The van der Waals surface area contributed by atoms with Crippen LogP contribution in [0.5, 0.6) is 0 Å². The van der Waals surface area contributed by atoms with E-state index in [-0.39, 0.29) is 0 Å². The molecule has 1 aliphatic carbocycles. The van der Waals surface area contributed by atoms with E-state index >= 15 is 0 Å². The van der Waals surface area contributed by atoms with Crippen LogP contribution in [0, 0.1) is 0 Å². The molecule has 0 spiro atoms. The normalized spacial score (nSPS) is 18.1. The summed E-state index contributed by atoms with van der Waals surface area (Å²) in [7, 11) is 0. The van der Waals surface area contributed by atoms with Crippen molar-refractivity contribution in [2.45, 2.75) is 38.0 Å². The highest BCUT2D eigenvalue weighted by Crippen LogP contribution is 2.31. The zero-order chi connectivity index (χ0) is 11.0. The van der Waals surface area contributed by atoms with E-state index in [0.29, 0.717) is 5.92 Å². The molecule has 0 atom stereocenters. The molecule has 1 aliphatic rings. The van der Waals surface area contributed by atoms with Crippen LogP contribution in [-0.4, -0.2) is 14.6 Å². The summed E-state index contributed by atoms with van der Waals surface area (Å²) >= 11 is 3.49. The minimum absolute atomic E-state index is 0.570. The van der Waals surface area contributed by atoms with E-state index in [9.17, 15) is 0 Å². The Morgan fingerprint density at radius 1 is 1.19 bits per heavy atom. The van der Waals surface area contributed by atoms with Gasteiger partial charge in [0.15, 0.2) is 11.5 Å². The molecule has 0 bridgehead atoms. The largest absolute Gasteiger partial charge is 0.212 e. The Labute approximate surface area is 103 Å². The van der Waals surface area contributed by atoms with E-state index in [1.54, 1.807) is 0 Å². The molecular formula is C12H14BrN3. The van der Waals surface area contributed by atoms with Crippen molar-refractivity contribution >= 4 is 21.6 Å². The second kappa shape index (κ2) is 4.17. The van der Waals surface area contributed by atoms with Crippen LogP contribution in [0.4, 0.5) is 0 Å². The maximum atomic E-state index is 4.62. The second-order valence-electron chi connectivity index (χ2n) is 4.42. The van der Waals surface area contributed by atoms with Crippen molar-refractivity contribution in [1.82, 2.24) is 14.6 Å². The minimum atomic E-state index is 0.570. The van der Waals surface area contributed by atoms with E-state index in [2.05, 4.69) is 26.0 Å². The summed E-state index contributed by atoms with van der Waals surface area (Å²) in [5.41, 5.74) is 0.940. The molecule has 16 heavy (non-hydrogen) atoms. The number of fused-ring (bicyclic) bond motifs is 1. The molecule has 0 amide bonds. The van der Waals surface area contributed by atoms with Crippen molar-refractivity contribution in [3.63, 3.8) is 0 Å². The Balaban J connectivity index is 2.01. The first-order valence-electron chi connectivity index (χ1n) is 5.86. The lowest BCUT2D eigenvalue weighted by atomic mass is 9.89. The van der Waals surface area contributed by atoms with E-state index in [4.69, 9.17) is 0 Å². The summed E-state index contributed by atoms with van der Waals surface area (Å²) in [5, 5.41) is 4.59. The van der Waals surface area contributed by atoms with Gasteiger partial charge < -0.3 is 0 Å². The Hall–Kier alpha value is -0.900. The third-order valence-electron chi connectivity index (χ3n) is 3.30. The molecule has 0 unspecified atom stereocenters. The lowest BCUT2D eigenvalue weighted by molar-refractivity contribution is 0.429. The standard InChI is InChI=1S/C12H14BrN3/c13-10-7-4-8-11-14-12(15-16(10)11)9-5-2-1-3-6-9/h4,7-9H,1-3,5-6H2. The predicted octanol–water partition coefficient (Wildman–Crippen LogP) is 3.54. The van der Waals surface area contributed by atoms with Crippen LogP contribution in [0.2, 0.25) is 0 Å². The van der Waals surface area contributed by atoms with E-state index in [0.717, 1.165) is 16.1 Å². The third-order valence-corrected chi connectivity index (χ3v) is 3.90. The van der Waals surface area contributed by atoms with Crippen molar-refractivity contribution < 1.29 is 0 Å². The smallest absolute Gasteiger partial charge is 0.156 e. The van der Waals surface area contributed by atoms with Gasteiger partial charge in [0.05, 0.1) is 0 Å². The molecular weight excluding hydrogens is 266 g/mol. The average Bonchev–Trinajstić information content (AvgIpc) is 2.76. The highest BCUT2D eigenvalue weighted by Gasteiger charge is 2.20. The molecule has 0 aliphatic heterocycles. The van der Waals surface area contributed by atoms with Crippen LogP contribution in [0.1, 0.15) is 43.8 Å². The lowest BCUT2D eigenvalue weighted by Crippen LogP contribution is -2.06. The third kappa shape index (κ3) is 1.75. The zero-order valence-electron chi connectivity index (χ0n) is 9.06. The summed E-state index contributed by atoms with van der Waals surface area (Å²) < 4.78 is 2.85. The van der Waals surface area contributed by atoms with Gasteiger partial charge in [-0.25, -0.2) is 9.50 Å². The average molecular weight is 280 g/mol. The Kier molecular flexibility index (Phi) is 2.67. The van der Waals surface area contributed by atoms with Crippen molar-refractivity contribution in [2.75, 3.05) is 0 Å². The molecule has 1 saturated carbocycles. The van der Waals surface area contributed by atoms with Gasteiger partial charge in [-0.3, -0.25) is 0 Å². The molecule has 2 aromatic rings. The maximum absolute atomic E-state index is 4.62. The number of hydrogen-bond acceptors (Lipinski definition) is 2. The molecule has 3 nitrogen and oxygen atoms in total. The highest BCUT2D eigenvalue weighted by molar-refractivity contribution is 9.10. The minimum Gasteiger partial charge on any atom is -0.212 e. The van der Waals surface area contributed by atoms with Gasteiger partial charge in [0.1, 0.15) is 4.60 Å². The quantitative estimate of drug-likeness (QED) is 0.748. The van der Waals surface area contributed by atoms with Crippen LogP contribution < -0.4 is 0 Å². The molecule has 84 valence electrons. The number of aromatic nitrogens is 3. The first-order chi connectivity index (χ1) is 7.84. The maximum Gasteiger partial charge on any atom is 0.156 e. The molecule has 2 aromatic heterocycles. The van der Waals surface area contributed by atoms with Gasteiger partial charge in [-0.1, -0.05) is 25.3 Å². The van der Waals surface area contributed by atoms with Gasteiger partial charge in [-0.15, -0.1) is 5.10 Å². The summed E-state index contributed by atoms with van der Waals surface area (Å²) in [6, 6.07) is 6.00. The van der Waals surface area contributed by atoms with Crippen molar-refractivity contribution in [3.8, 4) is 0 Å². The van der Waals surface area contributed by atoms with Crippen LogP contribution >= 0.6 is 15.9 Å². The monoisotopic (exact) mass is 279 g/mol. The Bertz CT molecular complexity index is 500. The molecule has 0 radical (unpaired) electrons. The number of pyridine rings is 1. The van der Waals surface area contributed by atoms with Crippen LogP contribution in [0.15, 0.2) is 22.8 Å². The highest BCUT2D eigenvalue weighted by atomic mass is 79.9. The van der Waals surface area contributed by atoms with Crippen molar-refractivity contribution in [2.24, 2.45) is 0 Å². The predicted molar refractivity (Wildman–Crippen MR) is 66.5 cm³/mol. The molecule has 0 saturated heterocycles. The summed E-state index contributed by atoms with van der Waals surface area (Å²) in [6.07, 6.45) is 6.50. The number of rotatable bonds is 1. The fraction of sp³-hybridized carbons (Fsp3) is 0.500.